The van der Waals surface area contributed by atoms with Gasteiger partial charge < -0.3 is 4.90 Å². The van der Waals surface area contributed by atoms with Crippen molar-refractivity contribution in [2.45, 2.75) is 24.9 Å². The fourth-order valence-corrected chi connectivity index (χ4v) is 4.23. The number of alkyl halides is 3. The summed E-state index contributed by atoms with van der Waals surface area (Å²) in [5, 5.41) is 10.8. The molecular weight excluding hydrogens is 383 g/mol. The van der Waals surface area contributed by atoms with Crippen LogP contribution < -0.4 is 16.1 Å². The van der Waals surface area contributed by atoms with Crippen LogP contribution >= 0.6 is 11.3 Å². The molecule has 1 atom stereocenters. The van der Waals surface area contributed by atoms with Gasteiger partial charge in [-0.25, -0.2) is 9.78 Å². The third kappa shape index (κ3) is 3.37. The monoisotopic (exact) mass is 399 g/mol. The van der Waals surface area contributed by atoms with Crippen LogP contribution in [0.15, 0.2) is 15.0 Å². The Kier molecular flexibility index (Phi) is 4.86. The average Bonchev–Trinajstić information content (AvgIpc) is 3.13. The highest BCUT2D eigenvalue weighted by molar-refractivity contribution is 7.09. The molecule has 0 aromatic carbocycles. The van der Waals surface area contributed by atoms with Crippen LogP contribution in [-0.2, 0) is 20.3 Å². The lowest BCUT2D eigenvalue weighted by atomic mass is 9.98. The summed E-state index contributed by atoms with van der Waals surface area (Å²) in [5.74, 6) is -0.0755. The molecule has 2 aromatic rings. The zero-order valence-electron chi connectivity index (χ0n) is 14.6. The van der Waals surface area contributed by atoms with Gasteiger partial charge in [-0.05, 0) is 12.8 Å². The van der Waals surface area contributed by atoms with Gasteiger partial charge in [-0.2, -0.15) is 18.4 Å². The van der Waals surface area contributed by atoms with Gasteiger partial charge in [0, 0.05) is 38.5 Å². The number of anilines is 1. The number of aromatic nitrogens is 3. The lowest BCUT2D eigenvalue weighted by molar-refractivity contribution is -0.140. The third-order valence-electron chi connectivity index (χ3n) is 4.63. The molecule has 7 nitrogen and oxygen atoms in total. The molecule has 144 valence electrons. The Labute approximate surface area is 155 Å². The van der Waals surface area contributed by atoms with Crippen LogP contribution in [0.1, 0.15) is 35.0 Å². The summed E-state index contributed by atoms with van der Waals surface area (Å²) in [6, 6.07) is 1.85. The third-order valence-corrected chi connectivity index (χ3v) is 5.64. The van der Waals surface area contributed by atoms with Gasteiger partial charge in [0.15, 0.2) is 11.3 Å². The first-order valence-electron chi connectivity index (χ1n) is 8.12. The second-order valence-corrected chi connectivity index (χ2v) is 7.26. The van der Waals surface area contributed by atoms with Crippen LogP contribution in [0.5, 0.6) is 0 Å². The van der Waals surface area contributed by atoms with Gasteiger partial charge in [0.25, 0.3) is 5.56 Å². The lowest BCUT2D eigenvalue weighted by Gasteiger charge is -2.34. The molecule has 0 radical (unpaired) electrons. The van der Waals surface area contributed by atoms with E-state index in [0.717, 1.165) is 21.3 Å². The molecule has 1 saturated heterocycles. The van der Waals surface area contributed by atoms with Gasteiger partial charge in [-0.15, -0.1) is 11.3 Å². The highest BCUT2D eigenvalue weighted by atomic mass is 32.1. The number of nitrogens with zero attached hydrogens (tertiary/aromatic N) is 5. The van der Waals surface area contributed by atoms with Gasteiger partial charge in [0.05, 0.1) is 5.01 Å². The molecule has 3 rings (SSSR count). The smallest absolute Gasteiger partial charge is 0.356 e. The van der Waals surface area contributed by atoms with E-state index in [-0.39, 0.29) is 23.8 Å². The lowest BCUT2D eigenvalue weighted by Crippen LogP contribution is -2.45. The Balaban J connectivity index is 1.99. The van der Waals surface area contributed by atoms with Crippen LogP contribution in [0.3, 0.4) is 0 Å². The zero-order valence-corrected chi connectivity index (χ0v) is 15.4. The van der Waals surface area contributed by atoms with Crippen molar-refractivity contribution in [2.75, 3.05) is 18.0 Å². The van der Waals surface area contributed by atoms with Crippen molar-refractivity contribution in [3.63, 3.8) is 0 Å². The van der Waals surface area contributed by atoms with Crippen molar-refractivity contribution in [1.82, 2.24) is 14.1 Å². The first kappa shape index (κ1) is 19.2. The van der Waals surface area contributed by atoms with Crippen molar-refractivity contribution in [3.05, 3.63) is 42.5 Å². The van der Waals surface area contributed by atoms with E-state index in [1.54, 1.807) is 4.90 Å². The molecular formula is C16H16F3N5O2S. The van der Waals surface area contributed by atoms with Crippen LogP contribution in [0.4, 0.5) is 19.0 Å². The van der Waals surface area contributed by atoms with Gasteiger partial charge in [-0.1, -0.05) is 0 Å². The quantitative estimate of drug-likeness (QED) is 0.769. The average molecular weight is 399 g/mol. The minimum absolute atomic E-state index is 0.157. The van der Waals surface area contributed by atoms with Crippen LogP contribution in [0.2, 0.25) is 0 Å². The molecule has 0 bridgehead atoms. The maximum absolute atomic E-state index is 12.8. The largest absolute Gasteiger partial charge is 0.434 e. The van der Waals surface area contributed by atoms with E-state index in [2.05, 4.69) is 4.98 Å². The fourth-order valence-electron chi connectivity index (χ4n) is 3.28. The fraction of sp³-hybridized carbons (Fsp3) is 0.500. The number of halogens is 3. The van der Waals surface area contributed by atoms with E-state index >= 15 is 0 Å². The molecule has 1 aliphatic heterocycles. The SMILES string of the molecule is Cn1c(N2CCCC(c3nc(C(F)(F)F)cs3)C2)c(C#N)c(=O)n(C)c1=O. The Morgan fingerprint density at radius 3 is 2.59 bits per heavy atom. The van der Waals surface area contributed by atoms with E-state index in [1.807, 2.05) is 6.07 Å². The minimum Gasteiger partial charge on any atom is -0.356 e. The molecule has 1 unspecified atom stereocenters. The molecule has 1 aliphatic rings. The first-order valence-corrected chi connectivity index (χ1v) is 9.00. The van der Waals surface area contributed by atoms with Crippen molar-refractivity contribution in [1.29, 1.82) is 5.26 Å². The van der Waals surface area contributed by atoms with Gasteiger partial charge >= 0.3 is 11.9 Å². The number of piperidine rings is 1. The van der Waals surface area contributed by atoms with Crippen molar-refractivity contribution < 1.29 is 13.2 Å². The second-order valence-electron chi connectivity index (χ2n) is 6.37. The van der Waals surface area contributed by atoms with E-state index in [4.69, 9.17) is 0 Å². The summed E-state index contributed by atoms with van der Waals surface area (Å²) in [5.41, 5.74) is -2.33. The van der Waals surface area contributed by atoms with E-state index in [9.17, 15) is 28.0 Å². The molecule has 0 aliphatic carbocycles. The summed E-state index contributed by atoms with van der Waals surface area (Å²) in [6.45, 7) is 0.767. The Morgan fingerprint density at radius 2 is 2.00 bits per heavy atom. The molecule has 27 heavy (non-hydrogen) atoms. The minimum atomic E-state index is -4.49. The van der Waals surface area contributed by atoms with Crippen LogP contribution in [0, 0.1) is 11.3 Å². The summed E-state index contributed by atoms with van der Waals surface area (Å²) in [6.07, 6.45) is -3.21. The summed E-state index contributed by atoms with van der Waals surface area (Å²) < 4.78 is 40.5. The molecule has 2 aromatic heterocycles. The van der Waals surface area contributed by atoms with Crippen molar-refractivity contribution in [3.8, 4) is 6.07 Å². The van der Waals surface area contributed by atoms with Crippen molar-refractivity contribution >= 4 is 17.2 Å². The number of nitriles is 1. The maximum Gasteiger partial charge on any atom is 0.434 e. The Hall–Kier alpha value is -2.61. The molecule has 0 saturated carbocycles. The maximum atomic E-state index is 12.8. The van der Waals surface area contributed by atoms with Crippen molar-refractivity contribution in [2.24, 2.45) is 14.1 Å². The number of thiazole rings is 1. The standard InChI is InChI=1S/C16H16F3N5O2S/c1-22-13(10(6-20)14(25)23(2)15(22)26)24-5-3-4-9(7-24)12-21-11(8-27-12)16(17,18)19/h8-9H,3-5,7H2,1-2H3. The molecule has 0 N–H and O–H groups in total. The highest BCUT2D eigenvalue weighted by Gasteiger charge is 2.35. The van der Waals surface area contributed by atoms with Gasteiger partial charge in [0.1, 0.15) is 11.9 Å². The van der Waals surface area contributed by atoms with Gasteiger partial charge in [-0.3, -0.25) is 13.9 Å². The molecule has 11 heteroatoms. The van der Waals surface area contributed by atoms with Crippen LogP contribution in [-0.4, -0.2) is 27.2 Å². The Morgan fingerprint density at radius 1 is 1.30 bits per heavy atom. The second kappa shape index (κ2) is 6.84. The predicted octanol–water partition coefficient (Wildman–Crippen LogP) is 1.81. The van der Waals surface area contributed by atoms with Gasteiger partial charge in [0.2, 0.25) is 0 Å². The molecule has 0 amide bonds. The number of rotatable bonds is 2. The molecule has 0 spiro atoms. The highest BCUT2D eigenvalue weighted by Crippen LogP contribution is 2.36. The summed E-state index contributed by atoms with van der Waals surface area (Å²) >= 11 is 0.946. The topological polar surface area (TPSA) is 83.9 Å². The normalized spacial score (nSPS) is 17.8. The predicted molar refractivity (Wildman–Crippen MR) is 92.9 cm³/mol. The first-order chi connectivity index (χ1) is 12.6. The number of hydrogen-bond acceptors (Lipinski definition) is 6. The molecule has 1 fully saturated rings. The van der Waals surface area contributed by atoms with Crippen LogP contribution in [0.25, 0.3) is 0 Å². The summed E-state index contributed by atoms with van der Waals surface area (Å²) in [7, 11) is 2.76. The zero-order chi connectivity index (χ0) is 19.9. The van der Waals surface area contributed by atoms with E-state index < -0.39 is 23.1 Å². The molecule has 3 heterocycles. The number of hydrogen-bond donors (Lipinski definition) is 0. The summed E-state index contributed by atoms with van der Waals surface area (Å²) in [4.78, 5) is 29.9. The van der Waals surface area contributed by atoms with E-state index in [1.165, 1.54) is 18.7 Å². The van der Waals surface area contributed by atoms with E-state index in [0.29, 0.717) is 24.4 Å². The Bertz CT molecular complexity index is 1030.